The molecule has 0 radical (unpaired) electrons. The molecular formula is C14H23NO2. The second-order valence-corrected chi connectivity index (χ2v) is 4.52. The fraction of sp³-hybridized carbons (Fsp3) is 0.571. The largest absolute Gasteiger partial charge is 0.497 e. The van der Waals surface area contributed by atoms with E-state index < -0.39 is 0 Å². The quantitative estimate of drug-likeness (QED) is 0.765. The summed E-state index contributed by atoms with van der Waals surface area (Å²) in [4.78, 5) is 0. The fourth-order valence-electron chi connectivity index (χ4n) is 1.71. The predicted octanol–water partition coefficient (Wildman–Crippen LogP) is 2.36. The van der Waals surface area contributed by atoms with Crippen LogP contribution in [0.4, 0.5) is 0 Å². The van der Waals surface area contributed by atoms with Gasteiger partial charge in [0.1, 0.15) is 5.75 Å². The Labute approximate surface area is 104 Å². The third kappa shape index (κ3) is 4.75. The van der Waals surface area contributed by atoms with Crippen LogP contribution in [0.2, 0.25) is 0 Å². The zero-order chi connectivity index (χ0) is 12.7. The summed E-state index contributed by atoms with van der Waals surface area (Å²) in [7, 11) is 1.67. The first kappa shape index (κ1) is 14.0. The van der Waals surface area contributed by atoms with Crippen molar-refractivity contribution in [2.24, 2.45) is 5.92 Å². The number of aliphatic hydroxyl groups is 1. The van der Waals surface area contributed by atoms with Crippen molar-refractivity contribution in [3.8, 4) is 5.75 Å². The van der Waals surface area contributed by atoms with E-state index >= 15 is 0 Å². The highest BCUT2D eigenvalue weighted by Crippen LogP contribution is 2.17. The van der Waals surface area contributed by atoms with Crippen LogP contribution in [0, 0.1) is 5.92 Å². The van der Waals surface area contributed by atoms with Crippen molar-refractivity contribution in [3.63, 3.8) is 0 Å². The van der Waals surface area contributed by atoms with Crippen LogP contribution in [-0.2, 0) is 0 Å². The van der Waals surface area contributed by atoms with Gasteiger partial charge in [-0.25, -0.2) is 0 Å². The van der Waals surface area contributed by atoms with E-state index in [1.807, 2.05) is 12.1 Å². The number of benzene rings is 1. The molecule has 3 heteroatoms. The Balaban J connectivity index is 2.43. The van der Waals surface area contributed by atoms with E-state index in [1.165, 1.54) is 5.56 Å². The van der Waals surface area contributed by atoms with E-state index in [2.05, 4.69) is 31.3 Å². The van der Waals surface area contributed by atoms with Crippen LogP contribution in [-0.4, -0.2) is 25.4 Å². The molecule has 2 N–H and O–H groups in total. The molecule has 0 amide bonds. The van der Waals surface area contributed by atoms with Gasteiger partial charge in [-0.15, -0.1) is 0 Å². The van der Waals surface area contributed by atoms with Gasteiger partial charge in [0, 0.05) is 12.6 Å². The fourth-order valence-corrected chi connectivity index (χ4v) is 1.71. The van der Waals surface area contributed by atoms with E-state index in [-0.39, 0.29) is 6.61 Å². The van der Waals surface area contributed by atoms with Gasteiger partial charge >= 0.3 is 0 Å². The molecule has 0 spiro atoms. The predicted molar refractivity (Wildman–Crippen MR) is 70.3 cm³/mol. The minimum Gasteiger partial charge on any atom is -0.497 e. The first-order valence-electron chi connectivity index (χ1n) is 6.15. The summed E-state index contributed by atoms with van der Waals surface area (Å²) < 4.78 is 5.13. The second-order valence-electron chi connectivity index (χ2n) is 4.52. The summed E-state index contributed by atoms with van der Waals surface area (Å²) in [6, 6.07) is 8.43. The van der Waals surface area contributed by atoms with Crippen LogP contribution in [0.15, 0.2) is 24.3 Å². The van der Waals surface area contributed by atoms with Gasteiger partial charge in [-0.05, 0) is 43.5 Å². The number of aliphatic hydroxyl groups excluding tert-OH is 1. The number of rotatable bonds is 7. The number of nitrogens with one attached hydrogen (secondary N) is 1. The lowest BCUT2D eigenvalue weighted by Crippen LogP contribution is -2.24. The number of ether oxygens (including phenoxy) is 1. The maximum Gasteiger partial charge on any atom is 0.118 e. The molecule has 0 aliphatic heterocycles. The number of hydrogen-bond acceptors (Lipinski definition) is 3. The molecule has 1 rings (SSSR count). The molecule has 0 fully saturated rings. The van der Waals surface area contributed by atoms with Gasteiger partial charge in [-0.1, -0.05) is 19.1 Å². The lowest BCUT2D eigenvalue weighted by Gasteiger charge is -2.17. The Morgan fingerprint density at radius 2 is 1.88 bits per heavy atom. The molecule has 0 aliphatic rings. The Morgan fingerprint density at radius 3 is 2.41 bits per heavy atom. The molecule has 2 atom stereocenters. The highest BCUT2D eigenvalue weighted by atomic mass is 16.5. The minimum atomic E-state index is 0.264. The maximum absolute atomic E-state index is 8.83. The molecule has 0 heterocycles. The van der Waals surface area contributed by atoms with Gasteiger partial charge in [0.25, 0.3) is 0 Å². The lowest BCUT2D eigenvalue weighted by molar-refractivity contribution is 0.258. The molecule has 0 saturated heterocycles. The molecule has 2 unspecified atom stereocenters. The van der Waals surface area contributed by atoms with E-state index in [4.69, 9.17) is 9.84 Å². The van der Waals surface area contributed by atoms with Crippen molar-refractivity contribution >= 4 is 0 Å². The SMILES string of the molecule is COc1ccc(C(C)NCC(C)CCO)cc1. The Bertz CT molecular complexity index is 311. The van der Waals surface area contributed by atoms with Crippen LogP contribution in [0.5, 0.6) is 5.75 Å². The summed E-state index contributed by atoms with van der Waals surface area (Å²) in [5, 5.41) is 12.3. The first-order valence-corrected chi connectivity index (χ1v) is 6.15. The molecule has 0 aliphatic carbocycles. The van der Waals surface area contributed by atoms with Gasteiger partial charge in [-0.3, -0.25) is 0 Å². The van der Waals surface area contributed by atoms with Crippen molar-refractivity contribution in [1.82, 2.24) is 5.32 Å². The van der Waals surface area contributed by atoms with Gasteiger partial charge in [-0.2, -0.15) is 0 Å². The zero-order valence-electron chi connectivity index (χ0n) is 10.9. The van der Waals surface area contributed by atoms with Gasteiger partial charge < -0.3 is 15.2 Å². The number of hydrogen-bond donors (Lipinski definition) is 2. The van der Waals surface area contributed by atoms with Crippen molar-refractivity contribution in [2.45, 2.75) is 26.3 Å². The van der Waals surface area contributed by atoms with Crippen molar-refractivity contribution in [1.29, 1.82) is 0 Å². The smallest absolute Gasteiger partial charge is 0.118 e. The summed E-state index contributed by atoms with van der Waals surface area (Å²) in [5.74, 6) is 1.38. The third-order valence-corrected chi connectivity index (χ3v) is 3.01. The maximum atomic E-state index is 8.83. The molecular weight excluding hydrogens is 214 g/mol. The van der Waals surface area contributed by atoms with Crippen molar-refractivity contribution in [2.75, 3.05) is 20.3 Å². The Morgan fingerprint density at radius 1 is 1.24 bits per heavy atom. The van der Waals surface area contributed by atoms with Crippen LogP contribution >= 0.6 is 0 Å². The highest BCUT2D eigenvalue weighted by Gasteiger charge is 2.07. The zero-order valence-corrected chi connectivity index (χ0v) is 10.9. The van der Waals surface area contributed by atoms with Gasteiger partial charge in [0.2, 0.25) is 0 Å². The monoisotopic (exact) mass is 237 g/mol. The molecule has 1 aromatic carbocycles. The van der Waals surface area contributed by atoms with Crippen LogP contribution in [0.1, 0.15) is 31.9 Å². The average molecular weight is 237 g/mol. The summed E-state index contributed by atoms with van der Waals surface area (Å²) >= 11 is 0. The third-order valence-electron chi connectivity index (χ3n) is 3.01. The standard InChI is InChI=1S/C14H23NO2/c1-11(8-9-16)10-15-12(2)13-4-6-14(17-3)7-5-13/h4-7,11-12,15-16H,8-10H2,1-3H3. The molecule has 1 aromatic rings. The topological polar surface area (TPSA) is 41.5 Å². The highest BCUT2D eigenvalue weighted by molar-refractivity contribution is 5.28. The Hall–Kier alpha value is -1.06. The molecule has 0 bridgehead atoms. The summed E-state index contributed by atoms with van der Waals surface area (Å²) in [6.07, 6.45) is 0.850. The van der Waals surface area contributed by atoms with E-state index in [9.17, 15) is 0 Å². The van der Waals surface area contributed by atoms with Crippen LogP contribution in [0.3, 0.4) is 0 Å². The lowest BCUT2D eigenvalue weighted by atomic mass is 10.1. The van der Waals surface area contributed by atoms with Crippen LogP contribution in [0.25, 0.3) is 0 Å². The molecule has 96 valence electrons. The van der Waals surface area contributed by atoms with E-state index in [0.29, 0.717) is 12.0 Å². The molecule has 0 saturated carbocycles. The molecule has 3 nitrogen and oxygen atoms in total. The van der Waals surface area contributed by atoms with Crippen molar-refractivity contribution < 1.29 is 9.84 Å². The second kappa shape index (κ2) is 7.30. The number of methoxy groups -OCH3 is 1. The molecule has 0 aromatic heterocycles. The normalized spacial score (nSPS) is 14.4. The first-order chi connectivity index (χ1) is 8.17. The summed E-state index contributed by atoms with van der Waals surface area (Å²) in [5.41, 5.74) is 1.25. The van der Waals surface area contributed by atoms with E-state index in [0.717, 1.165) is 18.7 Å². The van der Waals surface area contributed by atoms with Crippen LogP contribution < -0.4 is 10.1 Å². The van der Waals surface area contributed by atoms with Gasteiger partial charge in [0.05, 0.1) is 7.11 Å². The molecule has 17 heavy (non-hydrogen) atoms. The minimum absolute atomic E-state index is 0.264. The van der Waals surface area contributed by atoms with Crippen molar-refractivity contribution in [3.05, 3.63) is 29.8 Å². The average Bonchev–Trinajstić information content (AvgIpc) is 2.36. The Kier molecular flexibility index (Phi) is 6.01. The summed E-state index contributed by atoms with van der Waals surface area (Å²) in [6.45, 7) is 5.48. The van der Waals surface area contributed by atoms with E-state index in [1.54, 1.807) is 7.11 Å². The van der Waals surface area contributed by atoms with Gasteiger partial charge in [0.15, 0.2) is 0 Å².